The van der Waals surface area contributed by atoms with E-state index in [1.807, 2.05) is 17.8 Å². The van der Waals surface area contributed by atoms with Gasteiger partial charge in [-0.05, 0) is 18.6 Å². The van der Waals surface area contributed by atoms with E-state index in [0.717, 1.165) is 31.2 Å². The monoisotopic (exact) mass is 320 g/mol. The standard InChI is InChI=1S/C16H21FN4S/c1-3-14-11-21(6-7-22-14)16(19-2)20-10-13-5-4-12(9-18)8-15(13)17/h4-5,8,14H,3,6-7,10-11H2,1-2H3,(H,19,20). The van der Waals surface area contributed by atoms with E-state index >= 15 is 0 Å². The fraction of sp³-hybridized carbons (Fsp3) is 0.500. The Morgan fingerprint density at radius 3 is 3.05 bits per heavy atom. The third kappa shape index (κ3) is 4.14. The van der Waals surface area contributed by atoms with Gasteiger partial charge in [0.15, 0.2) is 5.96 Å². The number of halogens is 1. The van der Waals surface area contributed by atoms with Crippen molar-refractivity contribution in [3.05, 3.63) is 35.1 Å². The number of aliphatic imine (C=N–C) groups is 1. The van der Waals surface area contributed by atoms with Crippen LogP contribution in [0.5, 0.6) is 0 Å². The van der Waals surface area contributed by atoms with Crippen LogP contribution in [0.3, 0.4) is 0 Å². The first kappa shape index (κ1) is 16.6. The minimum atomic E-state index is -0.359. The second-order valence-corrected chi connectivity index (χ2v) is 6.57. The molecule has 0 amide bonds. The quantitative estimate of drug-likeness (QED) is 0.687. The van der Waals surface area contributed by atoms with Crippen LogP contribution in [-0.2, 0) is 6.54 Å². The lowest BCUT2D eigenvalue weighted by Crippen LogP contribution is -2.47. The lowest BCUT2D eigenvalue weighted by molar-refractivity contribution is 0.407. The maximum Gasteiger partial charge on any atom is 0.193 e. The Morgan fingerprint density at radius 2 is 2.41 bits per heavy atom. The molecule has 0 saturated carbocycles. The first-order valence-electron chi connectivity index (χ1n) is 7.43. The molecule has 0 aromatic heterocycles. The molecule has 0 aliphatic carbocycles. The number of nitriles is 1. The van der Waals surface area contributed by atoms with Crippen LogP contribution in [0.4, 0.5) is 4.39 Å². The van der Waals surface area contributed by atoms with Gasteiger partial charge in [-0.15, -0.1) is 0 Å². The fourth-order valence-electron chi connectivity index (χ4n) is 2.43. The predicted octanol–water partition coefficient (Wildman–Crippen LogP) is 2.60. The number of benzene rings is 1. The van der Waals surface area contributed by atoms with Crippen LogP contribution < -0.4 is 5.32 Å². The van der Waals surface area contributed by atoms with Gasteiger partial charge >= 0.3 is 0 Å². The lowest BCUT2D eigenvalue weighted by Gasteiger charge is -2.34. The zero-order valence-corrected chi connectivity index (χ0v) is 13.8. The molecule has 6 heteroatoms. The third-order valence-electron chi connectivity index (χ3n) is 3.72. The number of nitrogens with one attached hydrogen (secondary N) is 1. The van der Waals surface area contributed by atoms with Crippen LogP contribution in [-0.4, -0.2) is 42.0 Å². The number of rotatable bonds is 3. The molecule has 1 N–H and O–H groups in total. The van der Waals surface area contributed by atoms with Crippen molar-refractivity contribution in [1.82, 2.24) is 10.2 Å². The minimum absolute atomic E-state index is 0.337. The number of thioether (sulfide) groups is 1. The summed E-state index contributed by atoms with van der Waals surface area (Å²) in [6, 6.07) is 6.49. The van der Waals surface area contributed by atoms with Gasteiger partial charge in [0, 0.05) is 43.2 Å². The molecule has 4 nitrogen and oxygen atoms in total. The normalized spacial score (nSPS) is 18.9. The van der Waals surface area contributed by atoms with Gasteiger partial charge in [0.05, 0.1) is 11.6 Å². The highest BCUT2D eigenvalue weighted by Crippen LogP contribution is 2.21. The smallest absolute Gasteiger partial charge is 0.193 e. The molecule has 1 fully saturated rings. The van der Waals surface area contributed by atoms with Gasteiger partial charge in [-0.2, -0.15) is 17.0 Å². The molecule has 1 saturated heterocycles. The van der Waals surface area contributed by atoms with Crippen molar-refractivity contribution >= 4 is 17.7 Å². The molecular weight excluding hydrogens is 299 g/mol. The number of hydrogen-bond donors (Lipinski definition) is 1. The van der Waals surface area contributed by atoms with Gasteiger partial charge in [-0.3, -0.25) is 4.99 Å². The van der Waals surface area contributed by atoms with Crippen LogP contribution in [0.2, 0.25) is 0 Å². The summed E-state index contributed by atoms with van der Waals surface area (Å²) in [5.74, 6) is 1.54. The van der Waals surface area contributed by atoms with Gasteiger partial charge < -0.3 is 10.2 Å². The maximum atomic E-state index is 13.9. The van der Waals surface area contributed by atoms with Crippen molar-refractivity contribution in [3.63, 3.8) is 0 Å². The molecule has 2 rings (SSSR count). The van der Waals surface area contributed by atoms with Gasteiger partial charge in [-0.25, -0.2) is 4.39 Å². The molecule has 1 aromatic carbocycles. The lowest BCUT2D eigenvalue weighted by atomic mass is 10.1. The second-order valence-electron chi connectivity index (χ2n) is 5.17. The highest BCUT2D eigenvalue weighted by Gasteiger charge is 2.21. The first-order chi connectivity index (χ1) is 10.7. The van der Waals surface area contributed by atoms with Crippen molar-refractivity contribution in [2.75, 3.05) is 25.9 Å². The van der Waals surface area contributed by atoms with E-state index < -0.39 is 0 Å². The summed E-state index contributed by atoms with van der Waals surface area (Å²) < 4.78 is 13.9. The van der Waals surface area contributed by atoms with E-state index in [1.165, 1.54) is 6.07 Å². The van der Waals surface area contributed by atoms with Crippen molar-refractivity contribution in [3.8, 4) is 6.07 Å². The average Bonchev–Trinajstić information content (AvgIpc) is 2.56. The summed E-state index contributed by atoms with van der Waals surface area (Å²) in [5, 5.41) is 12.6. The minimum Gasteiger partial charge on any atom is -0.352 e. The van der Waals surface area contributed by atoms with Crippen LogP contribution in [0.1, 0.15) is 24.5 Å². The van der Waals surface area contributed by atoms with Crippen molar-refractivity contribution < 1.29 is 4.39 Å². The van der Waals surface area contributed by atoms with E-state index in [0.29, 0.717) is 22.9 Å². The fourth-order valence-corrected chi connectivity index (χ4v) is 3.61. The summed E-state index contributed by atoms with van der Waals surface area (Å²) in [4.78, 5) is 6.53. The van der Waals surface area contributed by atoms with Crippen molar-refractivity contribution in [2.45, 2.75) is 25.1 Å². The zero-order valence-electron chi connectivity index (χ0n) is 13.0. The Bertz CT molecular complexity index is 582. The Hall–Kier alpha value is -1.74. The van der Waals surface area contributed by atoms with Crippen LogP contribution in [0, 0.1) is 17.1 Å². The van der Waals surface area contributed by atoms with E-state index in [4.69, 9.17) is 5.26 Å². The summed E-state index contributed by atoms with van der Waals surface area (Å²) in [6.45, 7) is 4.49. The highest BCUT2D eigenvalue weighted by atomic mass is 32.2. The Balaban J connectivity index is 1.98. The topological polar surface area (TPSA) is 51.4 Å². The van der Waals surface area contributed by atoms with E-state index in [1.54, 1.807) is 19.2 Å². The number of guanidine groups is 1. The number of hydrogen-bond acceptors (Lipinski definition) is 3. The van der Waals surface area contributed by atoms with Gasteiger partial charge in [0.1, 0.15) is 5.82 Å². The SMILES string of the molecule is CCC1CN(C(=NC)NCc2ccc(C#N)cc2F)CCS1. The third-order valence-corrected chi connectivity index (χ3v) is 5.10. The molecule has 0 bridgehead atoms. The average molecular weight is 320 g/mol. The van der Waals surface area contributed by atoms with Crippen molar-refractivity contribution in [2.24, 2.45) is 4.99 Å². The summed E-state index contributed by atoms with van der Waals surface area (Å²) in [5.41, 5.74) is 0.878. The summed E-state index contributed by atoms with van der Waals surface area (Å²) >= 11 is 2.00. The molecule has 1 aliphatic heterocycles. The molecule has 1 atom stereocenters. The molecular formula is C16H21FN4S. The maximum absolute atomic E-state index is 13.9. The van der Waals surface area contributed by atoms with E-state index in [2.05, 4.69) is 22.1 Å². The molecule has 0 radical (unpaired) electrons. The number of nitrogens with zero attached hydrogens (tertiary/aromatic N) is 3. The molecule has 1 heterocycles. The van der Waals surface area contributed by atoms with E-state index in [-0.39, 0.29) is 5.82 Å². The summed E-state index contributed by atoms with van der Waals surface area (Å²) in [6.07, 6.45) is 1.14. The van der Waals surface area contributed by atoms with Gasteiger partial charge in [0.2, 0.25) is 0 Å². The van der Waals surface area contributed by atoms with Crippen molar-refractivity contribution in [1.29, 1.82) is 5.26 Å². The Kier molecular flexibility index (Phi) is 6.08. The molecule has 1 aromatic rings. The largest absolute Gasteiger partial charge is 0.352 e. The Labute approximate surface area is 135 Å². The second kappa shape index (κ2) is 8.04. The molecule has 1 aliphatic rings. The molecule has 1 unspecified atom stereocenters. The zero-order chi connectivity index (χ0) is 15.9. The molecule has 22 heavy (non-hydrogen) atoms. The van der Waals surface area contributed by atoms with Crippen LogP contribution in [0.25, 0.3) is 0 Å². The van der Waals surface area contributed by atoms with Gasteiger partial charge in [0.25, 0.3) is 0 Å². The van der Waals surface area contributed by atoms with Gasteiger partial charge in [-0.1, -0.05) is 13.0 Å². The predicted molar refractivity (Wildman–Crippen MR) is 89.4 cm³/mol. The van der Waals surface area contributed by atoms with Crippen LogP contribution >= 0.6 is 11.8 Å². The molecule has 118 valence electrons. The van der Waals surface area contributed by atoms with E-state index in [9.17, 15) is 4.39 Å². The summed E-state index contributed by atoms with van der Waals surface area (Å²) in [7, 11) is 1.75. The molecule has 0 spiro atoms. The highest BCUT2D eigenvalue weighted by molar-refractivity contribution is 8.00. The van der Waals surface area contributed by atoms with Crippen LogP contribution in [0.15, 0.2) is 23.2 Å². The first-order valence-corrected chi connectivity index (χ1v) is 8.48. The Morgan fingerprint density at radius 1 is 1.59 bits per heavy atom.